The van der Waals surface area contributed by atoms with E-state index in [4.69, 9.17) is 4.74 Å². The quantitative estimate of drug-likeness (QED) is 0.888. The first-order valence-electron chi connectivity index (χ1n) is 8.41. The van der Waals surface area contributed by atoms with Crippen molar-refractivity contribution in [2.45, 2.75) is 13.8 Å². The first-order chi connectivity index (χ1) is 12.1. The van der Waals surface area contributed by atoms with E-state index in [1.165, 1.54) is 11.3 Å². The number of piperazine rings is 1. The molecule has 0 spiro atoms. The summed E-state index contributed by atoms with van der Waals surface area (Å²) in [6.45, 7) is 7.82. The van der Waals surface area contributed by atoms with Crippen LogP contribution in [0.2, 0.25) is 0 Å². The molecule has 7 heteroatoms. The molecule has 3 rings (SSSR count). The number of carbonyl (C=O) groups excluding carboxylic acids is 1. The fourth-order valence-electron chi connectivity index (χ4n) is 2.93. The van der Waals surface area contributed by atoms with E-state index in [1.807, 2.05) is 32.0 Å². The predicted molar refractivity (Wildman–Crippen MR) is 102 cm³/mol. The predicted octanol–water partition coefficient (Wildman–Crippen LogP) is 2.53. The maximum Gasteiger partial charge on any atom is 0.240 e. The van der Waals surface area contributed by atoms with Crippen molar-refractivity contribution in [3.05, 3.63) is 34.8 Å². The van der Waals surface area contributed by atoms with Gasteiger partial charge in [-0.05, 0) is 26.0 Å². The van der Waals surface area contributed by atoms with Crippen LogP contribution in [0, 0.1) is 13.8 Å². The lowest BCUT2D eigenvalue weighted by Gasteiger charge is -2.36. The number of hydrogen-bond donors (Lipinski definition) is 1. The number of rotatable bonds is 5. The Hall–Kier alpha value is -2.12. The Balaban J connectivity index is 1.51. The second-order valence-electron chi connectivity index (χ2n) is 6.14. The number of ether oxygens (including phenoxy) is 1. The minimum Gasteiger partial charge on any atom is -0.495 e. The van der Waals surface area contributed by atoms with Gasteiger partial charge in [-0.3, -0.25) is 9.69 Å². The van der Waals surface area contributed by atoms with Crippen LogP contribution >= 0.6 is 11.3 Å². The molecule has 0 unspecified atom stereocenters. The highest BCUT2D eigenvalue weighted by Gasteiger charge is 2.21. The molecule has 1 saturated heterocycles. The monoisotopic (exact) mass is 360 g/mol. The number of para-hydroxylation sites is 2. The normalized spacial score (nSPS) is 15.2. The zero-order valence-electron chi connectivity index (χ0n) is 14.9. The summed E-state index contributed by atoms with van der Waals surface area (Å²) in [4.78, 5) is 22.2. The molecule has 1 fully saturated rings. The Bertz CT molecular complexity index is 719. The van der Waals surface area contributed by atoms with Crippen molar-refractivity contribution in [2.75, 3.05) is 50.1 Å². The van der Waals surface area contributed by atoms with E-state index in [9.17, 15) is 4.79 Å². The van der Waals surface area contributed by atoms with Gasteiger partial charge in [0.25, 0.3) is 0 Å². The van der Waals surface area contributed by atoms with Crippen LogP contribution in [-0.4, -0.2) is 55.6 Å². The van der Waals surface area contributed by atoms with Gasteiger partial charge in [0, 0.05) is 31.1 Å². The molecule has 1 amide bonds. The molecule has 1 aliphatic rings. The van der Waals surface area contributed by atoms with Gasteiger partial charge in [-0.1, -0.05) is 12.1 Å². The Morgan fingerprint density at radius 1 is 1.24 bits per heavy atom. The van der Waals surface area contributed by atoms with Crippen LogP contribution in [0.5, 0.6) is 5.75 Å². The summed E-state index contributed by atoms with van der Waals surface area (Å²) in [6.07, 6.45) is 0. The van der Waals surface area contributed by atoms with Gasteiger partial charge >= 0.3 is 0 Å². The second kappa shape index (κ2) is 7.84. The van der Waals surface area contributed by atoms with E-state index in [2.05, 4.69) is 26.2 Å². The highest BCUT2D eigenvalue weighted by Crippen LogP contribution is 2.28. The van der Waals surface area contributed by atoms with Gasteiger partial charge in [0.1, 0.15) is 5.75 Å². The number of nitrogens with zero attached hydrogens (tertiary/aromatic N) is 3. The topological polar surface area (TPSA) is 57.7 Å². The molecule has 2 aromatic rings. The summed E-state index contributed by atoms with van der Waals surface area (Å²) in [5.74, 6) is 0.891. The van der Waals surface area contributed by atoms with Crippen molar-refractivity contribution < 1.29 is 9.53 Å². The fourth-order valence-corrected chi connectivity index (χ4v) is 3.76. The van der Waals surface area contributed by atoms with Crippen molar-refractivity contribution in [1.29, 1.82) is 0 Å². The van der Waals surface area contributed by atoms with Crippen molar-refractivity contribution >= 4 is 28.1 Å². The molecule has 1 aromatic carbocycles. The maximum absolute atomic E-state index is 12.2. The van der Waals surface area contributed by atoms with Gasteiger partial charge in [-0.25, -0.2) is 4.98 Å². The molecule has 25 heavy (non-hydrogen) atoms. The zero-order valence-corrected chi connectivity index (χ0v) is 15.7. The molecule has 0 radical (unpaired) electrons. The summed E-state index contributed by atoms with van der Waals surface area (Å²) in [5, 5.41) is 3.59. The Morgan fingerprint density at radius 2 is 1.96 bits per heavy atom. The molecule has 0 atom stereocenters. The third-order valence-corrected chi connectivity index (χ3v) is 5.43. The summed E-state index contributed by atoms with van der Waals surface area (Å²) >= 11 is 1.52. The van der Waals surface area contributed by atoms with Crippen LogP contribution in [0.15, 0.2) is 24.3 Å². The molecule has 134 valence electrons. The Kier molecular flexibility index (Phi) is 5.55. The lowest BCUT2D eigenvalue weighted by molar-refractivity contribution is -0.117. The van der Waals surface area contributed by atoms with Crippen molar-refractivity contribution in [2.24, 2.45) is 0 Å². The Morgan fingerprint density at radius 3 is 2.60 bits per heavy atom. The van der Waals surface area contributed by atoms with Gasteiger partial charge in [-0.2, -0.15) is 0 Å². The minimum atomic E-state index is -0.000471. The maximum atomic E-state index is 12.2. The first kappa shape index (κ1) is 17.7. The van der Waals surface area contributed by atoms with Crippen molar-refractivity contribution in [1.82, 2.24) is 9.88 Å². The smallest absolute Gasteiger partial charge is 0.240 e. The third kappa shape index (κ3) is 4.29. The summed E-state index contributed by atoms with van der Waals surface area (Å²) < 4.78 is 5.44. The molecule has 1 N–H and O–H groups in total. The number of amides is 1. The minimum absolute atomic E-state index is 0.000471. The van der Waals surface area contributed by atoms with Crippen LogP contribution in [-0.2, 0) is 4.79 Å². The van der Waals surface area contributed by atoms with E-state index >= 15 is 0 Å². The number of aromatic nitrogens is 1. The average molecular weight is 360 g/mol. The van der Waals surface area contributed by atoms with Crippen LogP contribution in [0.1, 0.15) is 10.6 Å². The SMILES string of the molecule is COc1ccccc1N1CCN(CC(=O)Nc2nc(C)c(C)s2)CC1. The van der Waals surface area contributed by atoms with Crippen LogP contribution in [0.25, 0.3) is 0 Å². The van der Waals surface area contributed by atoms with Crippen LogP contribution < -0.4 is 15.0 Å². The van der Waals surface area contributed by atoms with Crippen LogP contribution in [0.4, 0.5) is 10.8 Å². The second-order valence-corrected chi connectivity index (χ2v) is 7.35. The van der Waals surface area contributed by atoms with Gasteiger partial charge in [-0.15, -0.1) is 11.3 Å². The number of anilines is 2. The molecular weight excluding hydrogens is 336 g/mol. The van der Waals surface area contributed by atoms with E-state index in [1.54, 1.807) is 7.11 Å². The zero-order chi connectivity index (χ0) is 17.8. The molecule has 0 saturated carbocycles. The first-order valence-corrected chi connectivity index (χ1v) is 9.22. The standard InChI is InChI=1S/C18H24N4O2S/c1-13-14(2)25-18(19-13)20-17(23)12-21-8-10-22(11-9-21)15-6-4-5-7-16(15)24-3/h4-7H,8-12H2,1-3H3,(H,19,20,23). The number of benzene rings is 1. The highest BCUT2D eigenvalue weighted by atomic mass is 32.1. The number of carbonyl (C=O) groups is 1. The Labute approximate surface area is 152 Å². The summed E-state index contributed by atoms with van der Waals surface area (Å²) in [6, 6.07) is 8.06. The number of aryl methyl sites for hydroxylation is 2. The molecule has 0 aliphatic carbocycles. The van der Waals surface area contributed by atoms with Gasteiger partial charge < -0.3 is 15.0 Å². The van der Waals surface area contributed by atoms with E-state index < -0.39 is 0 Å². The number of thiazole rings is 1. The lowest BCUT2D eigenvalue weighted by atomic mass is 10.2. The van der Waals surface area contributed by atoms with Crippen LogP contribution in [0.3, 0.4) is 0 Å². The molecule has 2 heterocycles. The number of methoxy groups -OCH3 is 1. The molecular formula is C18H24N4O2S. The molecule has 0 bridgehead atoms. The molecule has 6 nitrogen and oxygen atoms in total. The average Bonchev–Trinajstić information content (AvgIpc) is 2.92. The van der Waals surface area contributed by atoms with Crippen molar-refractivity contribution in [3.8, 4) is 5.75 Å². The van der Waals surface area contributed by atoms with E-state index in [0.717, 1.165) is 48.2 Å². The van der Waals surface area contributed by atoms with Gasteiger partial charge in [0.2, 0.25) is 5.91 Å². The van der Waals surface area contributed by atoms with Crippen molar-refractivity contribution in [3.63, 3.8) is 0 Å². The van der Waals surface area contributed by atoms with Gasteiger partial charge in [0.15, 0.2) is 5.13 Å². The largest absolute Gasteiger partial charge is 0.495 e. The third-order valence-electron chi connectivity index (χ3n) is 4.44. The number of hydrogen-bond acceptors (Lipinski definition) is 6. The lowest BCUT2D eigenvalue weighted by Crippen LogP contribution is -2.48. The summed E-state index contributed by atoms with van der Waals surface area (Å²) in [5.41, 5.74) is 2.09. The van der Waals surface area contributed by atoms with E-state index in [0.29, 0.717) is 11.7 Å². The molecule has 1 aromatic heterocycles. The van der Waals surface area contributed by atoms with Gasteiger partial charge in [0.05, 0.1) is 25.0 Å². The highest BCUT2D eigenvalue weighted by molar-refractivity contribution is 7.15. The summed E-state index contributed by atoms with van der Waals surface area (Å²) in [7, 11) is 1.70. The number of nitrogens with one attached hydrogen (secondary N) is 1. The molecule has 1 aliphatic heterocycles. The van der Waals surface area contributed by atoms with E-state index in [-0.39, 0.29) is 5.91 Å². The fraction of sp³-hybridized carbons (Fsp3) is 0.444.